The molecule has 2 aromatic carbocycles. The van der Waals surface area contributed by atoms with Gasteiger partial charge in [-0.3, -0.25) is 14.4 Å². The summed E-state index contributed by atoms with van der Waals surface area (Å²) in [4.78, 5) is 36.5. The highest BCUT2D eigenvalue weighted by molar-refractivity contribution is 7.21. The maximum Gasteiger partial charge on any atom is 0.303 e. The molecule has 2 aromatic heterocycles. The van der Waals surface area contributed by atoms with E-state index in [1.807, 2.05) is 0 Å². The monoisotopic (exact) mass is 628 g/mol. The summed E-state index contributed by atoms with van der Waals surface area (Å²) in [5.41, 5.74) is 0.476. The summed E-state index contributed by atoms with van der Waals surface area (Å²) >= 11 is 2.37. The number of carbonyl (C=O) groups excluding carboxylic acids is 2. The lowest BCUT2D eigenvalue weighted by Gasteiger charge is -2.15. The van der Waals surface area contributed by atoms with Gasteiger partial charge >= 0.3 is 5.97 Å². The number of hydrogen-bond donors (Lipinski definition) is 2. The molecule has 4 rings (SSSR count). The van der Waals surface area contributed by atoms with E-state index >= 15 is 4.39 Å². The number of ketones is 2. The van der Waals surface area contributed by atoms with Gasteiger partial charge in [-0.05, 0) is 29.2 Å². The van der Waals surface area contributed by atoms with Crippen LogP contribution >= 0.6 is 22.7 Å². The Labute approximate surface area is 254 Å². The maximum absolute atomic E-state index is 15.5. The van der Waals surface area contributed by atoms with Crippen molar-refractivity contribution >= 4 is 60.4 Å². The molecule has 0 aliphatic carbocycles. The molecule has 0 aliphatic heterocycles. The predicted molar refractivity (Wildman–Crippen MR) is 163 cm³/mol. The number of methoxy groups -OCH3 is 2. The third kappa shape index (κ3) is 7.51. The number of Topliss-reactive ketones (excluding diaryl/α,β-unsaturated/α-hetero) is 2. The van der Waals surface area contributed by atoms with Gasteiger partial charge in [-0.2, -0.15) is 0 Å². The van der Waals surface area contributed by atoms with Gasteiger partial charge in [-0.1, -0.05) is 13.2 Å². The van der Waals surface area contributed by atoms with Crippen molar-refractivity contribution in [1.82, 2.24) is 0 Å². The number of carboxylic acids is 1. The van der Waals surface area contributed by atoms with Crippen LogP contribution in [0.5, 0.6) is 23.0 Å². The molecule has 2 N–H and O–H groups in total. The molecule has 2 heterocycles. The molecule has 0 amide bonds. The van der Waals surface area contributed by atoms with Crippen molar-refractivity contribution in [2.75, 3.05) is 27.4 Å². The van der Waals surface area contributed by atoms with Crippen LogP contribution in [0.4, 0.5) is 4.39 Å². The van der Waals surface area contributed by atoms with E-state index in [-0.39, 0.29) is 73.1 Å². The molecule has 4 aromatic rings. The van der Waals surface area contributed by atoms with Crippen molar-refractivity contribution in [2.24, 2.45) is 0 Å². The summed E-state index contributed by atoms with van der Waals surface area (Å²) in [6, 6.07) is 8.20. The Bertz CT molecular complexity index is 1730. The molecule has 0 saturated heterocycles. The summed E-state index contributed by atoms with van der Waals surface area (Å²) in [6.07, 6.45) is -0.150. The number of hydrogen-bond acceptors (Lipinski definition) is 10. The summed E-state index contributed by atoms with van der Waals surface area (Å²) in [5.74, 6) is -1.45. The highest BCUT2D eigenvalue weighted by atomic mass is 32.1. The topological polar surface area (TPSA) is 129 Å². The number of carbonyl (C=O) groups is 3. The molecule has 226 valence electrons. The number of aliphatic carboxylic acids is 1. The van der Waals surface area contributed by atoms with Gasteiger partial charge in [0.05, 0.1) is 36.2 Å². The van der Waals surface area contributed by atoms with Crippen molar-refractivity contribution in [1.29, 1.82) is 0 Å². The Hall–Kier alpha value is -4.42. The van der Waals surface area contributed by atoms with Crippen molar-refractivity contribution in [3.05, 3.63) is 70.4 Å². The van der Waals surface area contributed by atoms with Crippen molar-refractivity contribution in [3.8, 4) is 23.0 Å². The minimum absolute atomic E-state index is 0.00975. The quantitative estimate of drug-likeness (QED) is 0.0742. The zero-order valence-electron chi connectivity index (χ0n) is 23.5. The first-order valence-corrected chi connectivity index (χ1v) is 14.6. The van der Waals surface area contributed by atoms with E-state index < -0.39 is 11.8 Å². The average Bonchev–Trinajstić information content (AvgIpc) is 3.60. The fraction of sp³-hybridized carbons (Fsp3) is 0.258. The second kappa shape index (κ2) is 13.7. The Balaban J connectivity index is 1.44. The average molecular weight is 629 g/mol. The van der Waals surface area contributed by atoms with Crippen LogP contribution in [0.25, 0.3) is 20.2 Å². The third-order valence-corrected chi connectivity index (χ3v) is 8.58. The van der Waals surface area contributed by atoms with E-state index in [0.29, 0.717) is 31.5 Å². The van der Waals surface area contributed by atoms with E-state index in [0.717, 1.165) is 21.4 Å². The minimum Gasteiger partial charge on any atom is -0.513 e. The second-order valence-corrected chi connectivity index (χ2v) is 11.7. The number of fused-ring (bicyclic) bond motifs is 2. The number of aliphatic hydroxyl groups is 1. The van der Waals surface area contributed by atoms with Gasteiger partial charge in [0.25, 0.3) is 0 Å². The molecule has 9 nitrogen and oxygen atoms in total. The summed E-state index contributed by atoms with van der Waals surface area (Å²) in [7, 11) is 2.87. The smallest absolute Gasteiger partial charge is 0.303 e. The lowest BCUT2D eigenvalue weighted by atomic mass is 10.1. The Kier molecular flexibility index (Phi) is 10.0. The van der Waals surface area contributed by atoms with Crippen LogP contribution in [0.15, 0.2) is 54.8 Å². The standard InChI is InChI=1S/C31H29FO9S2/c1-16(14-40-23-9-18-10-27(21(35)7-8-29(36)37)42-25(18)12-22(23)38-3)15-41-31-24(39-4)13-26-19(30(31)32)11-28(43-26)20(34)6-5-17(2)33/h9-13,33H,1-2,5-8,14-15H2,3-4H3,(H,36,37). The number of thiophene rings is 2. The molecule has 0 saturated carbocycles. The maximum atomic E-state index is 15.5. The molecule has 43 heavy (non-hydrogen) atoms. The van der Waals surface area contributed by atoms with E-state index in [4.69, 9.17) is 24.1 Å². The van der Waals surface area contributed by atoms with Gasteiger partial charge < -0.3 is 29.2 Å². The normalized spacial score (nSPS) is 11.0. The van der Waals surface area contributed by atoms with Crippen LogP contribution < -0.4 is 18.9 Å². The van der Waals surface area contributed by atoms with E-state index in [1.54, 1.807) is 24.3 Å². The molecular weight excluding hydrogens is 599 g/mol. The molecule has 0 unspecified atom stereocenters. The highest BCUT2D eigenvalue weighted by Crippen LogP contribution is 2.41. The first kappa shape index (κ1) is 31.5. The van der Waals surface area contributed by atoms with Gasteiger partial charge in [-0.25, -0.2) is 4.39 Å². The number of benzene rings is 2. The zero-order chi connectivity index (χ0) is 31.3. The number of aliphatic hydroxyl groups excluding tert-OH is 1. The van der Waals surface area contributed by atoms with Crippen LogP contribution in [0, 0.1) is 5.82 Å². The van der Waals surface area contributed by atoms with Crippen molar-refractivity contribution in [2.45, 2.75) is 25.7 Å². The SMILES string of the molecule is C=C(O)CCC(=O)c1cc2c(F)c(OCC(=C)COc3cc4cc(C(=O)CCC(=O)O)sc4cc3OC)c(OC)cc2s1. The highest BCUT2D eigenvalue weighted by Gasteiger charge is 2.21. The number of halogens is 1. The fourth-order valence-corrected chi connectivity index (χ4v) is 6.19. The molecule has 0 aliphatic rings. The lowest BCUT2D eigenvalue weighted by molar-refractivity contribution is -0.136. The Morgan fingerprint density at radius 3 is 2.02 bits per heavy atom. The first-order valence-electron chi connectivity index (χ1n) is 13.0. The lowest BCUT2D eigenvalue weighted by Crippen LogP contribution is -2.10. The molecular formula is C31H29FO9S2. The molecule has 0 fully saturated rings. The van der Waals surface area contributed by atoms with Gasteiger partial charge in [0.2, 0.25) is 0 Å². The van der Waals surface area contributed by atoms with Crippen LogP contribution in [0.1, 0.15) is 45.0 Å². The molecule has 0 radical (unpaired) electrons. The summed E-state index contributed by atoms with van der Waals surface area (Å²) in [6.45, 7) is 7.25. The molecule has 0 bridgehead atoms. The van der Waals surface area contributed by atoms with E-state index in [2.05, 4.69) is 13.2 Å². The van der Waals surface area contributed by atoms with Crippen LogP contribution in [0.3, 0.4) is 0 Å². The number of rotatable bonds is 16. The predicted octanol–water partition coefficient (Wildman–Crippen LogP) is 7.37. The van der Waals surface area contributed by atoms with Gasteiger partial charge in [0.15, 0.2) is 40.4 Å². The Morgan fingerprint density at radius 1 is 0.767 bits per heavy atom. The van der Waals surface area contributed by atoms with Crippen LogP contribution in [-0.2, 0) is 4.79 Å². The van der Waals surface area contributed by atoms with Gasteiger partial charge in [0.1, 0.15) is 13.2 Å². The van der Waals surface area contributed by atoms with E-state index in [1.165, 1.54) is 31.6 Å². The van der Waals surface area contributed by atoms with Crippen LogP contribution in [-0.4, -0.2) is 55.2 Å². The minimum atomic E-state index is -1.03. The summed E-state index contributed by atoms with van der Waals surface area (Å²) in [5, 5.41) is 19.1. The summed E-state index contributed by atoms with van der Waals surface area (Å²) < 4.78 is 39.3. The van der Waals surface area contributed by atoms with Gasteiger partial charge in [0, 0.05) is 46.2 Å². The number of ether oxygens (including phenoxy) is 4. The second-order valence-electron chi connectivity index (χ2n) is 9.53. The number of allylic oxidation sites excluding steroid dienone is 1. The molecule has 0 atom stereocenters. The molecule has 12 heteroatoms. The van der Waals surface area contributed by atoms with Crippen molar-refractivity contribution < 1.29 is 47.9 Å². The van der Waals surface area contributed by atoms with Gasteiger partial charge in [-0.15, -0.1) is 22.7 Å². The Morgan fingerprint density at radius 2 is 1.37 bits per heavy atom. The third-order valence-electron chi connectivity index (χ3n) is 6.31. The first-order chi connectivity index (χ1) is 20.5. The van der Waals surface area contributed by atoms with Crippen molar-refractivity contribution in [3.63, 3.8) is 0 Å². The van der Waals surface area contributed by atoms with E-state index in [9.17, 15) is 19.5 Å². The molecule has 0 spiro atoms. The zero-order valence-corrected chi connectivity index (χ0v) is 25.1. The fourth-order valence-electron chi connectivity index (χ4n) is 4.10. The number of carboxylic acid groups (broad SMARTS) is 1. The van der Waals surface area contributed by atoms with Crippen LogP contribution in [0.2, 0.25) is 0 Å². The largest absolute Gasteiger partial charge is 0.513 e.